The molecule has 0 unspecified atom stereocenters. The number of aliphatic carboxylic acids is 1. The summed E-state index contributed by atoms with van der Waals surface area (Å²) in [4.78, 5) is 11.8. The third-order valence-corrected chi connectivity index (χ3v) is 7.31. The number of rotatable bonds is 6. The molecule has 0 spiro atoms. The molecule has 2 N–H and O–H groups in total. The van der Waals surface area contributed by atoms with Gasteiger partial charge in [-0.25, -0.2) is 13.6 Å². The number of hydrogen-bond donors (Lipinski definition) is 2. The first-order valence-corrected chi connectivity index (χ1v) is 11.9. The Bertz CT molecular complexity index is 1450. The number of aromatic amines is 1. The van der Waals surface area contributed by atoms with Crippen LogP contribution in [0.4, 0.5) is 8.78 Å². The van der Waals surface area contributed by atoms with Gasteiger partial charge in [0, 0.05) is 40.6 Å². The highest BCUT2D eigenvalue weighted by molar-refractivity contribution is 6.00. The number of nitrogens with zero attached hydrogens (tertiary/aromatic N) is 2. The number of carboxylic acids is 1. The van der Waals surface area contributed by atoms with E-state index in [1.54, 1.807) is 32.4 Å². The van der Waals surface area contributed by atoms with Gasteiger partial charge in [0.1, 0.15) is 11.3 Å². The molecule has 2 aromatic carbocycles. The Kier molecular flexibility index (Phi) is 5.88. The monoisotopic (exact) mass is 497 g/mol. The molecule has 3 heterocycles. The van der Waals surface area contributed by atoms with Gasteiger partial charge >= 0.3 is 5.97 Å². The van der Waals surface area contributed by atoms with Gasteiger partial charge in [-0.3, -0.25) is 5.10 Å². The van der Waals surface area contributed by atoms with E-state index in [0.717, 1.165) is 11.3 Å². The van der Waals surface area contributed by atoms with Gasteiger partial charge in [-0.05, 0) is 55.7 Å². The van der Waals surface area contributed by atoms with Crippen molar-refractivity contribution in [3.05, 3.63) is 59.4 Å². The summed E-state index contributed by atoms with van der Waals surface area (Å²) in [5, 5.41) is 17.5. The minimum atomic E-state index is -1.29. The lowest BCUT2D eigenvalue weighted by Crippen LogP contribution is -2.43. The van der Waals surface area contributed by atoms with Crippen LogP contribution in [0.1, 0.15) is 50.8 Å². The lowest BCUT2D eigenvalue weighted by atomic mass is 9.79. The maximum atomic E-state index is 16.2. The summed E-state index contributed by atoms with van der Waals surface area (Å²) < 4.78 is 43.5. The molecule has 1 aliphatic rings. The Labute approximate surface area is 207 Å². The van der Waals surface area contributed by atoms with E-state index in [9.17, 15) is 14.3 Å². The molecule has 2 aromatic heterocycles. The molecule has 1 saturated heterocycles. The zero-order valence-corrected chi connectivity index (χ0v) is 20.7. The van der Waals surface area contributed by atoms with Gasteiger partial charge in [0.25, 0.3) is 0 Å². The van der Waals surface area contributed by atoms with Crippen LogP contribution in [0.2, 0.25) is 0 Å². The molecule has 1 fully saturated rings. The zero-order valence-electron chi connectivity index (χ0n) is 20.7. The number of benzene rings is 2. The number of fused-ring (bicyclic) bond motifs is 2. The van der Waals surface area contributed by atoms with Gasteiger partial charge in [0.15, 0.2) is 11.4 Å². The number of ether oxygens (including phenoxy) is 2. The minimum Gasteiger partial charge on any atom is -0.479 e. The van der Waals surface area contributed by atoms with Crippen LogP contribution in [0, 0.1) is 11.6 Å². The van der Waals surface area contributed by atoms with Crippen molar-refractivity contribution < 1.29 is 28.2 Å². The molecule has 5 rings (SSSR count). The molecule has 0 bridgehead atoms. The Balaban J connectivity index is 1.85. The second-order valence-corrected chi connectivity index (χ2v) is 10.4. The van der Waals surface area contributed by atoms with E-state index in [2.05, 4.69) is 10.2 Å². The number of halogens is 2. The fourth-order valence-corrected chi connectivity index (χ4v) is 5.47. The predicted molar refractivity (Wildman–Crippen MR) is 132 cm³/mol. The largest absolute Gasteiger partial charge is 0.479 e. The molecule has 0 aliphatic carbocycles. The van der Waals surface area contributed by atoms with Crippen LogP contribution < -0.4 is 0 Å². The Morgan fingerprint density at radius 2 is 2.06 bits per heavy atom. The molecule has 4 aromatic rings. The van der Waals surface area contributed by atoms with Crippen molar-refractivity contribution in [2.45, 2.75) is 50.5 Å². The van der Waals surface area contributed by atoms with Crippen LogP contribution in [-0.4, -0.2) is 51.8 Å². The van der Waals surface area contributed by atoms with Crippen molar-refractivity contribution in [1.82, 2.24) is 14.8 Å². The Morgan fingerprint density at radius 1 is 1.33 bits per heavy atom. The van der Waals surface area contributed by atoms with E-state index in [-0.39, 0.29) is 24.8 Å². The maximum Gasteiger partial charge on any atom is 0.335 e. The van der Waals surface area contributed by atoms with E-state index < -0.39 is 22.8 Å². The molecule has 1 aliphatic heterocycles. The van der Waals surface area contributed by atoms with Crippen LogP contribution in [0.15, 0.2) is 36.5 Å². The van der Waals surface area contributed by atoms with E-state index in [4.69, 9.17) is 9.47 Å². The number of carbonyl (C=O) groups is 1. The fraction of sp³-hybridized carbons (Fsp3) is 0.407. The normalized spacial score (nSPS) is 20.9. The third-order valence-electron chi connectivity index (χ3n) is 7.31. The SMILES string of the molecule is COCC(C)(C)c1c([C@@H]2CC[C@@](C)(C(=O)O)OC2)c2c(F)c3[nH]ncc3cc2n1-c1ccc(F)cc1. The van der Waals surface area contributed by atoms with Crippen molar-refractivity contribution in [3.8, 4) is 5.69 Å². The maximum absolute atomic E-state index is 16.2. The molecule has 7 nitrogen and oxygen atoms in total. The lowest BCUT2D eigenvalue weighted by Gasteiger charge is -2.36. The molecule has 190 valence electrons. The smallest absolute Gasteiger partial charge is 0.335 e. The molecule has 36 heavy (non-hydrogen) atoms. The quantitative estimate of drug-likeness (QED) is 0.370. The number of hydrogen-bond acceptors (Lipinski definition) is 4. The highest BCUT2D eigenvalue weighted by atomic mass is 19.1. The van der Waals surface area contributed by atoms with Crippen molar-refractivity contribution in [3.63, 3.8) is 0 Å². The zero-order chi connectivity index (χ0) is 25.8. The van der Waals surface area contributed by atoms with Gasteiger partial charge in [-0.2, -0.15) is 5.10 Å². The van der Waals surface area contributed by atoms with Crippen LogP contribution in [-0.2, 0) is 19.7 Å². The molecule has 9 heteroatoms. The summed E-state index contributed by atoms with van der Waals surface area (Å²) in [5.41, 5.74) is 1.29. The van der Waals surface area contributed by atoms with E-state index in [1.165, 1.54) is 12.1 Å². The van der Waals surface area contributed by atoms with Crippen LogP contribution in [0.3, 0.4) is 0 Å². The topological polar surface area (TPSA) is 89.4 Å². The van der Waals surface area contributed by atoms with E-state index in [0.29, 0.717) is 40.5 Å². The first-order chi connectivity index (χ1) is 17.1. The van der Waals surface area contributed by atoms with Crippen LogP contribution >= 0.6 is 0 Å². The summed E-state index contributed by atoms with van der Waals surface area (Å²) in [7, 11) is 1.61. The minimum absolute atomic E-state index is 0.127. The molecular formula is C27H29F2N3O4. The second-order valence-electron chi connectivity index (χ2n) is 10.4. The number of H-pyrrole nitrogens is 1. The van der Waals surface area contributed by atoms with E-state index >= 15 is 4.39 Å². The van der Waals surface area contributed by atoms with Crippen LogP contribution in [0.25, 0.3) is 27.5 Å². The van der Waals surface area contributed by atoms with Gasteiger partial charge < -0.3 is 19.1 Å². The third kappa shape index (κ3) is 3.77. The van der Waals surface area contributed by atoms with Gasteiger partial charge in [-0.1, -0.05) is 13.8 Å². The Morgan fingerprint density at radius 3 is 2.67 bits per heavy atom. The second kappa shape index (κ2) is 8.67. The average molecular weight is 498 g/mol. The van der Waals surface area contributed by atoms with Gasteiger partial charge in [-0.15, -0.1) is 0 Å². The van der Waals surface area contributed by atoms with Gasteiger partial charge in [0.05, 0.1) is 24.9 Å². The summed E-state index contributed by atoms with van der Waals surface area (Å²) in [6.45, 7) is 6.08. The standard InChI is InChI=1S/C27H29F2N3O4/c1-26(2,14-35-4)24-20(15-9-10-27(3,25(33)34)36-13-15)21-19(11-16-12-30-31-23(16)22(21)29)32(24)18-7-5-17(28)6-8-18/h5-8,11-12,15H,9-10,13-14H2,1-4H3,(H,30,31)(H,33,34)/t15-,27+/m1/s1. The number of aromatic nitrogens is 3. The summed E-state index contributed by atoms with van der Waals surface area (Å²) in [6, 6.07) is 7.97. The molecule has 0 amide bonds. The summed E-state index contributed by atoms with van der Waals surface area (Å²) in [5.74, 6) is -2.08. The molecule has 0 radical (unpaired) electrons. The molecule has 0 saturated carbocycles. The van der Waals surface area contributed by atoms with Crippen molar-refractivity contribution in [2.24, 2.45) is 0 Å². The van der Waals surface area contributed by atoms with E-state index in [1.807, 2.05) is 24.5 Å². The highest BCUT2D eigenvalue weighted by Gasteiger charge is 2.43. The summed E-state index contributed by atoms with van der Waals surface area (Å²) >= 11 is 0. The lowest BCUT2D eigenvalue weighted by molar-refractivity contribution is -0.170. The number of carboxylic acid groups (broad SMARTS) is 1. The van der Waals surface area contributed by atoms with Crippen LogP contribution in [0.5, 0.6) is 0 Å². The Hall–Kier alpha value is -3.30. The first kappa shape index (κ1) is 24.4. The number of methoxy groups -OCH3 is 1. The molecule has 2 atom stereocenters. The van der Waals surface area contributed by atoms with Crippen molar-refractivity contribution in [2.75, 3.05) is 20.3 Å². The predicted octanol–water partition coefficient (Wildman–Crippen LogP) is 5.45. The first-order valence-electron chi connectivity index (χ1n) is 11.9. The summed E-state index contributed by atoms with van der Waals surface area (Å²) in [6.07, 6.45) is 2.36. The van der Waals surface area contributed by atoms with Gasteiger partial charge in [0.2, 0.25) is 0 Å². The molecular weight excluding hydrogens is 468 g/mol. The highest BCUT2D eigenvalue weighted by Crippen LogP contribution is 2.46. The number of nitrogens with one attached hydrogen (secondary N) is 1. The van der Waals surface area contributed by atoms with Crippen molar-refractivity contribution in [1.29, 1.82) is 0 Å². The van der Waals surface area contributed by atoms with Crippen molar-refractivity contribution >= 4 is 27.8 Å². The average Bonchev–Trinajstić information content (AvgIpc) is 3.44. The fourth-order valence-electron chi connectivity index (χ4n) is 5.47.